The predicted molar refractivity (Wildman–Crippen MR) is 184 cm³/mol. The van der Waals surface area contributed by atoms with Crippen LogP contribution in [0.5, 0.6) is 0 Å². The van der Waals surface area contributed by atoms with Crippen molar-refractivity contribution in [3.05, 3.63) is 169 Å². The Hall–Kier alpha value is -6.33. The molecule has 0 saturated carbocycles. The number of para-hydroxylation sites is 2. The topological polar surface area (TPSA) is 68.6 Å². The molecule has 5 heteroatoms. The summed E-state index contributed by atoms with van der Waals surface area (Å²) in [4.78, 5) is 33.0. The van der Waals surface area contributed by atoms with Crippen LogP contribution in [0.15, 0.2) is 158 Å². The molecule has 8 rings (SSSR count). The van der Waals surface area contributed by atoms with Gasteiger partial charge in [0.15, 0.2) is 0 Å². The largest absolute Gasteiger partial charge is 0.285 e. The third kappa shape index (κ3) is 5.10. The summed E-state index contributed by atoms with van der Waals surface area (Å²) in [6.45, 7) is 0. The fraction of sp³-hybridized carbons (Fsp3) is 0. The SMILES string of the molecule is O=C(c1cc(-c2cc3ccccc3nc2-c2ccccc2)ccn1)c1cc(-c2cc3ccccc3nc2-c2ccccc2)ccn1. The van der Waals surface area contributed by atoms with Crippen molar-refractivity contribution in [1.82, 2.24) is 19.9 Å². The summed E-state index contributed by atoms with van der Waals surface area (Å²) in [5.41, 5.74) is 9.72. The van der Waals surface area contributed by atoms with Crippen molar-refractivity contribution < 1.29 is 4.79 Å². The molecule has 0 aliphatic carbocycles. The van der Waals surface area contributed by atoms with Gasteiger partial charge in [0, 0.05) is 45.4 Å². The van der Waals surface area contributed by atoms with Crippen molar-refractivity contribution in [1.29, 1.82) is 0 Å². The van der Waals surface area contributed by atoms with Gasteiger partial charge >= 0.3 is 0 Å². The van der Waals surface area contributed by atoms with Gasteiger partial charge in [0.2, 0.25) is 5.78 Å². The summed E-state index contributed by atoms with van der Waals surface area (Å²) >= 11 is 0. The monoisotopic (exact) mass is 590 g/mol. The minimum Gasteiger partial charge on any atom is -0.285 e. The maximum absolute atomic E-state index is 14.0. The lowest BCUT2D eigenvalue weighted by molar-refractivity contribution is 0.103. The number of benzene rings is 4. The van der Waals surface area contributed by atoms with Crippen LogP contribution >= 0.6 is 0 Å². The highest BCUT2D eigenvalue weighted by molar-refractivity contribution is 6.08. The van der Waals surface area contributed by atoms with Crippen LogP contribution in [0.4, 0.5) is 0 Å². The van der Waals surface area contributed by atoms with Gasteiger partial charge in [0.1, 0.15) is 11.4 Å². The van der Waals surface area contributed by atoms with E-state index >= 15 is 0 Å². The molecule has 0 fully saturated rings. The van der Waals surface area contributed by atoms with Crippen LogP contribution in [-0.2, 0) is 0 Å². The fourth-order valence-electron chi connectivity index (χ4n) is 5.88. The quantitative estimate of drug-likeness (QED) is 0.180. The van der Waals surface area contributed by atoms with Crippen LogP contribution in [0.3, 0.4) is 0 Å². The van der Waals surface area contributed by atoms with Gasteiger partial charge < -0.3 is 0 Å². The smallest absolute Gasteiger partial charge is 0.229 e. The fourth-order valence-corrected chi connectivity index (χ4v) is 5.88. The molecule has 0 atom stereocenters. The minimum atomic E-state index is -0.256. The number of pyridine rings is 4. The van der Waals surface area contributed by atoms with Crippen LogP contribution in [0.1, 0.15) is 16.2 Å². The molecule has 0 aliphatic rings. The van der Waals surface area contributed by atoms with E-state index < -0.39 is 0 Å². The van der Waals surface area contributed by atoms with Crippen LogP contribution in [-0.4, -0.2) is 25.7 Å². The van der Waals surface area contributed by atoms with E-state index in [4.69, 9.17) is 9.97 Å². The Balaban J connectivity index is 1.22. The molecule has 46 heavy (non-hydrogen) atoms. The van der Waals surface area contributed by atoms with E-state index in [1.54, 1.807) is 12.4 Å². The first-order chi connectivity index (χ1) is 22.7. The number of fused-ring (bicyclic) bond motifs is 2. The summed E-state index contributed by atoms with van der Waals surface area (Å²) < 4.78 is 0. The van der Waals surface area contributed by atoms with Gasteiger partial charge in [0.25, 0.3) is 0 Å². The van der Waals surface area contributed by atoms with Crippen molar-refractivity contribution in [3.63, 3.8) is 0 Å². The maximum atomic E-state index is 14.0. The molecule has 216 valence electrons. The zero-order chi connectivity index (χ0) is 30.9. The van der Waals surface area contributed by atoms with Crippen molar-refractivity contribution >= 4 is 27.6 Å². The third-order valence-corrected chi connectivity index (χ3v) is 8.15. The third-order valence-electron chi connectivity index (χ3n) is 8.15. The highest BCUT2D eigenvalue weighted by atomic mass is 16.1. The van der Waals surface area contributed by atoms with E-state index in [1.807, 2.05) is 97.1 Å². The Morgan fingerprint density at radius 3 is 1.28 bits per heavy atom. The van der Waals surface area contributed by atoms with Crippen molar-refractivity contribution in [2.75, 3.05) is 0 Å². The first kappa shape index (κ1) is 27.2. The zero-order valence-electron chi connectivity index (χ0n) is 24.7. The molecule has 0 unspecified atom stereocenters. The molecule has 4 heterocycles. The molecule has 0 N–H and O–H groups in total. The number of nitrogens with zero attached hydrogens (tertiary/aromatic N) is 4. The van der Waals surface area contributed by atoms with E-state index in [0.29, 0.717) is 11.4 Å². The highest BCUT2D eigenvalue weighted by Gasteiger charge is 2.18. The van der Waals surface area contributed by atoms with Gasteiger partial charge in [-0.1, -0.05) is 97.1 Å². The summed E-state index contributed by atoms with van der Waals surface area (Å²) in [5.74, 6) is -0.256. The average Bonchev–Trinajstić information content (AvgIpc) is 3.14. The average molecular weight is 591 g/mol. The molecule has 4 aromatic heterocycles. The number of hydrogen-bond donors (Lipinski definition) is 0. The Morgan fingerprint density at radius 2 is 0.826 bits per heavy atom. The van der Waals surface area contributed by atoms with Crippen LogP contribution in [0, 0.1) is 0 Å². The van der Waals surface area contributed by atoms with E-state index in [1.165, 1.54) is 0 Å². The molecular formula is C41H26N4O. The van der Waals surface area contributed by atoms with E-state index in [2.05, 4.69) is 58.5 Å². The second-order valence-electron chi connectivity index (χ2n) is 11.1. The summed E-state index contributed by atoms with van der Waals surface area (Å²) in [6.07, 6.45) is 3.36. The van der Waals surface area contributed by atoms with Crippen LogP contribution < -0.4 is 0 Å². The molecule has 4 aromatic carbocycles. The van der Waals surface area contributed by atoms with Gasteiger partial charge in [-0.15, -0.1) is 0 Å². The van der Waals surface area contributed by atoms with Gasteiger partial charge in [-0.05, 0) is 59.7 Å². The lowest BCUT2D eigenvalue weighted by Crippen LogP contribution is -2.07. The lowest BCUT2D eigenvalue weighted by Gasteiger charge is -2.13. The number of rotatable bonds is 6. The van der Waals surface area contributed by atoms with E-state index in [-0.39, 0.29) is 5.78 Å². The van der Waals surface area contributed by atoms with Gasteiger partial charge in [-0.2, -0.15) is 0 Å². The summed E-state index contributed by atoms with van der Waals surface area (Å²) in [5, 5.41) is 2.05. The standard InChI is InChI=1S/C41H26N4O/c46-41(37-25-29(19-21-42-37)33-23-31-15-7-9-17-35(31)44-39(33)27-11-3-1-4-12-27)38-26-30(20-22-43-38)34-24-32-16-8-10-18-36(32)45-40(34)28-13-5-2-6-14-28/h1-26H. The molecule has 5 nitrogen and oxygen atoms in total. The van der Waals surface area contributed by atoms with E-state index in [0.717, 1.165) is 66.6 Å². The first-order valence-electron chi connectivity index (χ1n) is 15.1. The van der Waals surface area contributed by atoms with Gasteiger partial charge in [-0.25, -0.2) is 9.97 Å². The molecular weight excluding hydrogens is 564 g/mol. The molecule has 0 aliphatic heterocycles. The second kappa shape index (κ2) is 11.6. The van der Waals surface area contributed by atoms with Gasteiger partial charge in [-0.3, -0.25) is 14.8 Å². The number of carbonyl (C=O) groups is 1. The number of carbonyl (C=O) groups excluding carboxylic acids is 1. The number of aromatic nitrogens is 4. The van der Waals surface area contributed by atoms with Crippen molar-refractivity contribution in [3.8, 4) is 44.8 Å². The molecule has 0 saturated heterocycles. The Labute approximate surface area is 265 Å². The normalized spacial score (nSPS) is 11.1. The molecule has 0 radical (unpaired) electrons. The molecule has 0 spiro atoms. The van der Waals surface area contributed by atoms with Crippen LogP contribution in [0.25, 0.3) is 66.6 Å². The highest BCUT2D eigenvalue weighted by Crippen LogP contribution is 2.35. The Morgan fingerprint density at radius 1 is 0.413 bits per heavy atom. The minimum absolute atomic E-state index is 0.256. The summed E-state index contributed by atoms with van der Waals surface area (Å²) in [7, 11) is 0. The molecule has 0 bridgehead atoms. The number of hydrogen-bond acceptors (Lipinski definition) is 5. The van der Waals surface area contributed by atoms with Crippen molar-refractivity contribution in [2.24, 2.45) is 0 Å². The second-order valence-corrected chi connectivity index (χ2v) is 11.1. The Bertz CT molecular complexity index is 2220. The lowest BCUT2D eigenvalue weighted by atomic mass is 9.96. The number of ketones is 1. The van der Waals surface area contributed by atoms with Crippen LogP contribution in [0.2, 0.25) is 0 Å². The Kier molecular flexibility index (Phi) is 6.89. The summed E-state index contributed by atoms with van der Waals surface area (Å²) in [6, 6.07) is 48.1. The van der Waals surface area contributed by atoms with Gasteiger partial charge in [0.05, 0.1) is 22.4 Å². The molecule has 8 aromatic rings. The first-order valence-corrected chi connectivity index (χ1v) is 15.1. The van der Waals surface area contributed by atoms with Crippen molar-refractivity contribution in [2.45, 2.75) is 0 Å². The maximum Gasteiger partial charge on any atom is 0.229 e. The van der Waals surface area contributed by atoms with E-state index in [9.17, 15) is 4.79 Å². The molecule has 0 amide bonds. The predicted octanol–water partition coefficient (Wildman–Crippen LogP) is 9.47. The zero-order valence-corrected chi connectivity index (χ0v) is 24.7.